The van der Waals surface area contributed by atoms with E-state index in [1.54, 1.807) is 12.1 Å². The lowest BCUT2D eigenvalue weighted by Crippen LogP contribution is -1.99. The largest absolute Gasteiger partial charge is 0.454 e. The molecule has 21 heavy (non-hydrogen) atoms. The summed E-state index contributed by atoms with van der Waals surface area (Å²) in [5.74, 6) is 1.47. The summed E-state index contributed by atoms with van der Waals surface area (Å²) in [6.45, 7) is 0.855. The molecule has 0 fully saturated rings. The molecular weight excluding hydrogens is 356 g/mol. The van der Waals surface area contributed by atoms with E-state index in [0.29, 0.717) is 17.1 Å². The minimum absolute atomic E-state index is 0.246. The van der Waals surface area contributed by atoms with Crippen LogP contribution in [0.4, 0.5) is 5.69 Å². The van der Waals surface area contributed by atoms with E-state index in [1.807, 2.05) is 24.3 Å². The van der Waals surface area contributed by atoms with E-state index in [0.717, 1.165) is 27.2 Å². The van der Waals surface area contributed by atoms with E-state index in [2.05, 4.69) is 21.2 Å². The Labute approximate surface area is 135 Å². The Morgan fingerprint density at radius 3 is 2.90 bits per heavy atom. The van der Waals surface area contributed by atoms with Gasteiger partial charge in [0, 0.05) is 12.2 Å². The highest BCUT2D eigenvalue weighted by atomic mass is 79.9. The molecule has 0 bridgehead atoms. The van der Waals surface area contributed by atoms with Crippen LogP contribution >= 0.6 is 27.5 Å². The SMILES string of the molecule is N#Cc1ccc(NCc2cc(Br)c3c(c2)OCO3)cc1Cl. The Bertz CT molecular complexity index is 743. The number of ether oxygens (including phenoxy) is 2. The van der Waals surface area contributed by atoms with Crippen molar-refractivity contribution < 1.29 is 9.47 Å². The smallest absolute Gasteiger partial charge is 0.231 e. The van der Waals surface area contributed by atoms with Crippen LogP contribution in [0, 0.1) is 11.3 Å². The molecule has 3 rings (SSSR count). The first-order valence-electron chi connectivity index (χ1n) is 6.19. The van der Waals surface area contributed by atoms with Crippen LogP contribution in [0.15, 0.2) is 34.8 Å². The summed E-state index contributed by atoms with van der Waals surface area (Å²) in [6.07, 6.45) is 0. The van der Waals surface area contributed by atoms with Gasteiger partial charge in [0.05, 0.1) is 15.1 Å². The number of hydrogen-bond acceptors (Lipinski definition) is 4. The zero-order chi connectivity index (χ0) is 14.8. The van der Waals surface area contributed by atoms with Crippen LogP contribution in [0.2, 0.25) is 5.02 Å². The van der Waals surface area contributed by atoms with Crippen LogP contribution in [-0.4, -0.2) is 6.79 Å². The number of nitrogens with one attached hydrogen (secondary N) is 1. The number of halogens is 2. The van der Waals surface area contributed by atoms with Crippen molar-refractivity contribution in [3.63, 3.8) is 0 Å². The van der Waals surface area contributed by atoms with Gasteiger partial charge in [-0.3, -0.25) is 0 Å². The van der Waals surface area contributed by atoms with E-state index >= 15 is 0 Å². The summed E-state index contributed by atoms with van der Waals surface area (Å²) in [5.41, 5.74) is 2.37. The Morgan fingerprint density at radius 1 is 1.29 bits per heavy atom. The van der Waals surface area contributed by atoms with Crippen molar-refractivity contribution in [1.29, 1.82) is 5.26 Å². The third kappa shape index (κ3) is 2.92. The molecule has 0 aromatic heterocycles. The second kappa shape index (κ2) is 5.84. The second-order valence-electron chi connectivity index (χ2n) is 4.47. The fourth-order valence-corrected chi connectivity index (χ4v) is 2.87. The van der Waals surface area contributed by atoms with Crippen molar-refractivity contribution in [3.8, 4) is 17.6 Å². The fourth-order valence-electron chi connectivity index (χ4n) is 2.04. The first kappa shape index (κ1) is 14.1. The second-order valence-corrected chi connectivity index (χ2v) is 5.73. The van der Waals surface area contributed by atoms with Crippen molar-refractivity contribution in [2.75, 3.05) is 12.1 Å². The van der Waals surface area contributed by atoms with Crippen LogP contribution in [-0.2, 0) is 6.54 Å². The van der Waals surface area contributed by atoms with Crippen molar-refractivity contribution >= 4 is 33.2 Å². The first-order valence-corrected chi connectivity index (χ1v) is 7.36. The molecule has 0 saturated heterocycles. The van der Waals surface area contributed by atoms with Gasteiger partial charge in [-0.2, -0.15) is 5.26 Å². The summed E-state index contributed by atoms with van der Waals surface area (Å²) < 4.78 is 11.6. The standard InChI is InChI=1S/C15H10BrClN2O2/c16-12-3-9(4-14-15(12)21-8-20-14)7-19-11-2-1-10(6-18)13(17)5-11/h1-5,19H,7-8H2. The molecular formula is C15H10BrClN2O2. The molecule has 1 aliphatic rings. The van der Waals surface area contributed by atoms with E-state index in [-0.39, 0.29) is 6.79 Å². The van der Waals surface area contributed by atoms with Gasteiger partial charge in [-0.25, -0.2) is 0 Å². The molecule has 1 aliphatic heterocycles. The van der Waals surface area contributed by atoms with Crippen molar-refractivity contribution in [3.05, 3.63) is 51.0 Å². The molecule has 0 atom stereocenters. The third-order valence-electron chi connectivity index (χ3n) is 3.07. The molecule has 0 unspecified atom stereocenters. The average molecular weight is 366 g/mol. The molecule has 106 valence electrons. The van der Waals surface area contributed by atoms with Gasteiger partial charge >= 0.3 is 0 Å². The molecule has 0 aliphatic carbocycles. The highest BCUT2D eigenvalue weighted by molar-refractivity contribution is 9.10. The van der Waals surface area contributed by atoms with Gasteiger partial charge in [-0.1, -0.05) is 11.6 Å². The topological polar surface area (TPSA) is 54.3 Å². The minimum Gasteiger partial charge on any atom is -0.454 e. The zero-order valence-electron chi connectivity index (χ0n) is 10.8. The fraction of sp³-hybridized carbons (Fsp3) is 0.133. The maximum Gasteiger partial charge on any atom is 0.231 e. The predicted octanol–water partition coefficient (Wildman–Crippen LogP) is 4.31. The lowest BCUT2D eigenvalue weighted by molar-refractivity contribution is 0.173. The number of rotatable bonds is 3. The molecule has 0 amide bonds. The van der Waals surface area contributed by atoms with Crippen LogP contribution in [0.5, 0.6) is 11.5 Å². The maximum absolute atomic E-state index is 8.85. The molecule has 2 aromatic carbocycles. The number of nitrogens with zero attached hydrogens (tertiary/aromatic N) is 1. The predicted molar refractivity (Wildman–Crippen MR) is 83.8 cm³/mol. The Morgan fingerprint density at radius 2 is 2.14 bits per heavy atom. The van der Waals surface area contributed by atoms with Crippen LogP contribution < -0.4 is 14.8 Å². The monoisotopic (exact) mass is 364 g/mol. The lowest BCUT2D eigenvalue weighted by atomic mass is 10.2. The van der Waals surface area contributed by atoms with Crippen molar-refractivity contribution in [2.24, 2.45) is 0 Å². The summed E-state index contributed by atoms with van der Waals surface area (Å²) in [5, 5.41) is 12.6. The van der Waals surface area contributed by atoms with Crippen LogP contribution in [0.3, 0.4) is 0 Å². The van der Waals surface area contributed by atoms with Crippen molar-refractivity contribution in [2.45, 2.75) is 6.54 Å². The quantitative estimate of drug-likeness (QED) is 0.880. The van der Waals surface area contributed by atoms with Crippen LogP contribution in [0.1, 0.15) is 11.1 Å². The van der Waals surface area contributed by atoms with Gasteiger partial charge in [0.1, 0.15) is 6.07 Å². The van der Waals surface area contributed by atoms with Gasteiger partial charge in [-0.15, -0.1) is 0 Å². The van der Waals surface area contributed by atoms with Crippen LogP contribution in [0.25, 0.3) is 0 Å². The van der Waals surface area contributed by atoms with E-state index in [1.165, 1.54) is 0 Å². The normalized spacial score (nSPS) is 12.0. The van der Waals surface area contributed by atoms with Gasteiger partial charge < -0.3 is 14.8 Å². The van der Waals surface area contributed by atoms with E-state index in [4.69, 9.17) is 26.3 Å². The third-order valence-corrected chi connectivity index (χ3v) is 3.97. The number of fused-ring (bicyclic) bond motifs is 1. The molecule has 0 saturated carbocycles. The summed E-state index contributed by atoms with van der Waals surface area (Å²) in [7, 11) is 0. The Hall–Kier alpha value is -1.90. The Balaban J connectivity index is 1.75. The summed E-state index contributed by atoms with van der Waals surface area (Å²) >= 11 is 9.47. The molecule has 1 N–H and O–H groups in total. The summed E-state index contributed by atoms with van der Waals surface area (Å²) in [6, 6.07) is 11.2. The highest BCUT2D eigenvalue weighted by Gasteiger charge is 2.17. The van der Waals surface area contributed by atoms with Gasteiger partial charge in [0.2, 0.25) is 6.79 Å². The number of hydrogen-bond donors (Lipinski definition) is 1. The van der Waals surface area contributed by atoms with Gasteiger partial charge in [-0.05, 0) is 51.8 Å². The molecule has 0 radical (unpaired) electrons. The number of benzene rings is 2. The van der Waals surface area contributed by atoms with E-state index in [9.17, 15) is 0 Å². The zero-order valence-corrected chi connectivity index (χ0v) is 13.2. The Kier molecular flexibility index (Phi) is 3.91. The van der Waals surface area contributed by atoms with Crippen molar-refractivity contribution in [1.82, 2.24) is 0 Å². The lowest BCUT2D eigenvalue weighted by Gasteiger charge is -2.09. The molecule has 6 heteroatoms. The molecule has 1 heterocycles. The molecule has 0 spiro atoms. The summed E-state index contributed by atoms with van der Waals surface area (Å²) in [4.78, 5) is 0. The maximum atomic E-state index is 8.85. The van der Waals surface area contributed by atoms with Gasteiger partial charge in [0.15, 0.2) is 11.5 Å². The highest BCUT2D eigenvalue weighted by Crippen LogP contribution is 2.40. The number of anilines is 1. The van der Waals surface area contributed by atoms with Gasteiger partial charge in [0.25, 0.3) is 0 Å². The van der Waals surface area contributed by atoms with E-state index < -0.39 is 0 Å². The minimum atomic E-state index is 0.246. The molecule has 2 aromatic rings. The first-order chi connectivity index (χ1) is 10.2. The molecule has 4 nitrogen and oxygen atoms in total. The average Bonchev–Trinajstić information content (AvgIpc) is 2.94. The number of nitriles is 1.